The van der Waals surface area contributed by atoms with Crippen molar-refractivity contribution in [1.29, 1.82) is 0 Å². The maximum Gasteiger partial charge on any atom is 0.306 e. The van der Waals surface area contributed by atoms with Crippen LogP contribution in [0.5, 0.6) is 0 Å². The highest BCUT2D eigenvalue weighted by Gasteiger charge is 2.24. The van der Waals surface area contributed by atoms with E-state index < -0.39 is 18.2 Å². The second kappa shape index (κ2) is 47.6. The number of carbonyl (C=O) groups excluding carboxylic acids is 2. The molecule has 0 bridgehead atoms. The summed E-state index contributed by atoms with van der Waals surface area (Å²) in [5, 5.41) is 23.8. The van der Waals surface area contributed by atoms with Gasteiger partial charge in [-0.15, -0.1) is 0 Å². The van der Waals surface area contributed by atoms with E-state index in [1.54, 1.807) is 0 Å². The summed E-state index contributed by atoms with van der Waals surface area (Å²) in [6.45, 7) is 6.50. The molecule has 0 rings (SSSR count). The molecule has 0 radical (unpaired) electrons. The Morgan fingerprint density at radius 2 is 0.814 bits per heavy atom. The van der Waals surface area contributed by atoms with Crippen LogP contribution < -0.4 is 5.32 Å². The standard InChI is InChI=1S/C53H103NO5/c1-4-7-10-13-16-19-22-25-27-30-33-36-39-42-45-51(56)50(48-55)54-52(57)47-49(44-41-38-35-32-29-24-21-18-15-12-9-6-3)59-53(58)46-43-40-37-34-31-28-26-23-20-17-14-11-8-5-2/h28,31,49-51,55-56H,4-27,29-30,32-48H2,1-3H3,(H,54,57)/b31-28-. The summed E-state index contributed by atoms with van der Waals surface area (Å²) < 4.78 is 5.93. The molecule has 6 nitrogen and oxygen atoms in total. The molecule has 3 N–H and O–H groups in total. The van der Waals surface area contributed by atoms with Crippen molar-refractivity contribution < 1.29 is 24.5 Å². The lowest BCUT2D eigenvalue weighted by atomic mass is 10.0. The molecule has 350 valence electrons. The van der Waals surface area contributed by atoms with Crippen LogP contribution in [0.2, 0.25) is 0 Å². The summed E-state index contributed by atoms with van der Waals surface area (Å²) in [6.07, 6.45) is 52.7. The van der Waals surface area contributed by atoms with Gasteiger partial charge in [-0.25, -0.2) is 0 Å². The number of rotatable bonds is 48. The summed E-state index contributed by atoms with van der Waals surface area (Å²) in [7, 11) is 0. The van der Waals surface area contributed by atoms with Gasteiger partial charge in [-0.05, 0) is 51.4 Å². The van der Waals surface area contributed by atoms with Crippen LogP contribution in [-0.4, -0.2) is 46.9 Å². The Labute approximate surface area is 368 Å². The monoisotopic (exact) mass is 834 g/mol. The zero-order valence-electron chi connectivity index (χ0n) is 39.9. The van der Waals surface area contributed by atoms with Gasteiger partial charge in [0.25, 0.3) is 0 Å². The van der Waals surface area contributed by atoms with E-state index in [9.17, 15) is 19.8 Å². The molecule has 0 aliphatic carbocycles. The van der Waals surface area contributed by atoms with Crippen LogP contribution in [0, 0.1) is 0 Å². The minimum Gasteiger partial charge on any atom is -0.462 e. The smallest absolute Gasteiger partial charge is 0.306 e. The molecule has 1 amide bonds. The van der Waals surface area contributed by atoms with Gasteiger partial charge in [-0.1, -0.05) is 238 Å². The molecule has 0 heterocycles. The van der Waals surface area contributed by atoms with Crippen LogP contribution in [0.1, 0.15) is 290 Å². The Morgan fingerprint density at radius 1 is 0.475 bits per heavy atom. The Hall–Kier alpha value is -1.40. The largest absolute Gasteiger partial charge is 0.462 e. The van der Waals surface area contributed by atoms with Gasteiger partial charge in [-0.3, -0.25) is 9.59 Å². The fourth-order valence-electron chi connectivity index (χ4n) is 8.31. The second-order valence-corrected chi connectivity index (χ2v) is 18.3. The van der Waals surface area contributed by atoms with Crippen LogP contribution in [-0.2, 0) is 14.3 Å². The number of allylic oxidation sites excluding steroid dienone is 2. The van der Waals surface area contributed by atoms with Gasteiger partial charge in [0, 0.05) is 6.42 Å². The molecule has 0 saturated heterocycles. The summed E-state index contributed by atoms with van der Waals surface area (Å²) in [5.41, 5.74) is 0. The minimum absolute atomic E-state index is 0.0788. The van der Waals surface area contributed by atoms with E-state index in [1.807, 2.05) is 0 Å². The van der Waals surface area contributed by atoms with Crippen molar-refractivity contribution in [1.82, 2.24) is 5.32 Å². The van der Waals surface area contributed by atoms with Gasteiger partial charge >= 0.3 is 5.97 Å². The van der Waals surface area contributed by atoms with Gasteiger partial charge in [0.05, 0.1) is 25.2 Å². The third kappa shape index (κ3) is 43.1. The van der Waals surface area contributed by atoms with E-state index in [0.29, 0.717) is 19.3 Å². The van der Waals surface area contributed by atoms with E-state index in [2.05, 4.69) is 38.2 Å². The lowest BCUT2D eigenvalue weighted by Crippen LogP contribution is -2.46. The summed E-state index contributed by atoms with van der Waals surface area (Å²) in [6, 6.07) is -0.697. The first kappa shape index (κ1) is 57.6. The number of aliphatic hydroxyl groups is 2. The number of aliphatic hydroxyl groups excluding tert-OH is 2. The van der Waals surface area contributed by atoms with E-state index in [0.717, 1.165) is 51.4 Å². The Bertz CT molecular complexity index is 893. The minimum atomic E-state index is -0.784. The normalized spacial score (nSPS) is 13.2. The predicted octanol–water partition coefficient (Wildman–Crippen LogP) is 15.7. The molecule has 0 spiro atoms. The van der Waals surface area contributed by atoms with Gasteiger partial charge in [0.2, 0.25) is 5.91 Å². The summed E-state index contributed by atoms with van der Waals surface area (Å²) in [4.78, 5) is 26.1. The highest BCUT2D eigenvalue weighted by molar-refractivity contribution is 5.77. The van der Waals surface area contributed by atoms with Gasteiger partial charge in [0.15, 0.2) is 0 Å². The quantitative estimate of drug-likeness (QED) is 0.0322. The molecule has 0 saturated carbocycles. The van der Waals surface area contributed by atoms with Gasteiger partial charge < -0.3 is 20.3 Å². The lowest BCUT2D eigenvalue weighted by molar-refractivity contribution is -0.151. The molecule has 3 unspecified atom stereocenters. The van der Waals surface area contributed by atoms with Crippen molar-refractivity contribution in [3.8, 4) is 0 Å². The third-order valence-electron chi connectivity index (χ3n) is 12.3. The molecule has 0 fully saturated rings. The predicted molar refractivity (Wildman–Crippen MR) is 255 cm³/mol. The van der Waals surface area contributed by atoms with E-state index >= 15 is 0 Å². The Morgan fingerprint density at radius 3 is 1.20 bits per heavy atom. The fraction of sp³-hybridized carbons (Fsp3) is 0.925. The van der Waals surface area contributed by atoms with Crippen LogP contribution in [0.4, 0.5) is 0 Å². The fourth-order valence-corrected chi connectivity index (χ4v) is 8.31. The van der Waals surface area contributed by atoms with Crippen molar-refractivity contribution >= 4 is 11.9 Å². The molecule has 0 aliphatic heterocycles. The number of nitrogens with one attached hydrogen (secondary N) is 1. The van der Waals surface area contributed by atoms with Crippen LogP contribution in [0.15, 0.2) is 12.2 Å². The second-order valence-electron chi connectivity index (χ2n) is 18.3. The van der Waals surface area contributed by atoms with Gasteiger partial charge in [-0.2, -0.15) is 0 Å². The number of amides is 1. The molecular formula is C53H103NO5. The lowest BCUT2D eigenvalue weighted by Gasteiger charge is -2.24. The first-order valence-corrected chi connectivity index (χ1v) is 26.4. The maximum atomic E-state index is 13.2. The summed E-state index contributed by atoms with van der Waals surface area (Å²) in [5.74, 6) is -0.475. The first-order valence-electron chi connectivity index (χ1n) is 26.4. The number of esters is 1. The number of hydrogen-bond donors (Lipinski definition) is 3. The van der Waals surface area contributed by atoms with E-state index in [1.165, 1.54) is 193 Å². The van der Waals surface area contributed by atoms with Gasteiger partial charge in [0.1, 0.15) is 6.10 Å². The molecule has 6 heteroatoms. The van der Waals surface area contributed by atoms with E-state index in [4.69, 9.17) is 4.74 Å². The zero-order chi connectivity index (χ0) is 43.1. The average molecular weight is 834 g/mol. The maximum absolute atomic E-state index is 13.2. The molecule has 0 aromatic rings. The van der Waals surface area contributed by atoms with Crippen molar-refractivity contribution in [3.63, 3.8) is 0 Å². The molecular weight excluding hydrogens is 731 g/mol. The SMILES string of the molecule is CCCCCCCCC/C=C\CCCCCC(=O)OC(CCCCCCCCCCCCCC)CC(=O)NC(CO)C(O)CCCCCCCCCCCCCCCC. The Kier molecular flexibility index (Phi) is 46.5. The molecule has 0 aromatic heterocycles. The molecule has 59 heavy (non-hydrogen) atoms. The number of unbranched alkanes of at least 4 members (excludes halogenated alkanes) is 34. The van der Waals surface area contributed by atoms with Crippen LogP contribution >= 0.6 is 0 Å². The first-order chi connectivity index (χ1) is 29.0. The zero-order valence-corrected chi connectivity index (χ0v) is 39.9. The Balaban J connectivity index is 4.52. The molecule has 0 aromatic carbocycles. The molecule has 0 aliphatic rings. The van der Waals surface area contributed by atoms with E-state index in [-0.39, 0.29) is 24.9 Å². The van der Waals surface area contributed by atoms with Crippen LogP contribution in [0.25, 0.3) is 0 Å². The van der Waals surface area contributed by atoms with Crippen molar-refractivity contribution in [2.24, 2.45) is 0 Å². The average Bonchev–Trinajstić information content (AvgIpc) is 3.23. The summed E-state index contributed by atoms with van der Waals surface area (Å²) >= 11 is 0. The highest BCUT2D eigenvalue weighted by Crippen LogP contribution is 2.18. The molecule has 3 atom stereocenters. The van der Waals surface area contributed by atoms with Crippen molar-refractivity contribution in [2.45, 2.75) is 309 Å². The topological polar surface area (TPSA) is 95.9 Å². The third-order valence-corrected chi connectivity index (χ3v) is 12.3. The number of hydrogen-bond acceptors (Lipinski definition) is 5. The van der Waals surface area contributed by atoms with Crippen molar-refractivity contribution in [3.05, 3.63) is 12.2 Å². The number of carbonyl (C=O) groups is 2. The highest BCUT2D eigenvalue weighted by atomic mass is 16.5. The van der Waals surface area contributed by atoms with Crippen molar-refractivity contribution in [2.75, 3.05) is 6.61 Å². The van der Waals surface area contributed by atoms with Crippen LogP contribution in [0.3, 0.4) is 0 Å². The number of ether oxygens (including phenoxy) is 1.